The van der Waals surface area contributed by atoms with Gasteiger partial charge in [-0.25, -0.2) is 12.8 Å². The molecule has 0 aliphatic rings. The molecule has 10 heteroatoms. The number of carbonyl (C=O) groups excluding carboxylic acids is 1. The van der Waals surface area contributed by atoms with Gasteiger partial charge in [0.1, 0.15) is 11.6 Å². The number of hydrogen-bond acceptors (Lipinski definition) is 4. The van der Waals surface area contributed by atoms with E-state index < -0.39 is 21.7 Å². The number of nitrogens with one attached hydrogen (secondary N) is 2. The summed E-state index contributed by atoms with van der Waals surface area (Å²) in [4.78, 5) is 12.0. The van der Waals surface area contributed by atoms with Crippen LogP contribution in [0.1, 0.15) is 5.56 Å². The van der Waals surface area contributed by atoms with Crippen LogP contribution >= 0.6 is 23.2 Å². The summed E-state index contributed by atoms with van der Waals surface area (Å²) in [6.07, 6.45) is 0. The molecule has 0 aliphatic carbocycles. The fraction of sp³-hybridized carbons (Fsp3) is 0.0952. The van der Waals surface area contributed by atoms with Crippen LogP contribution in [0.2, 0.25) is 10.0 Å². The SMILES string of the molecule is Cc1ccc(NS(=O)(=O)c2ccc(OCC(=O)Nc3ccc(F)c(Cl)c3)cc2)cc1Cl. The van der Waals surface area contributed by atoms with E-state index in [-0.39, 0.29) is 16.5 Å². The van der Waals surface area contributed by atoms with E-state index in [2.05, 4.69) is 10.0 Å². The minimum atomic E-state index is -3.83. The number of hydrogen-bond donors (Lipinski definition) is 2. The maximum atomic E-state index is 13.2. The highest BCUT2D eigenvalue weighted by atomic mass is 35.5. The summed E-state index contributed by atoms with van der Waals surface area (Å²) in [5.41, 5.74) is 1.50. The molecular weight excluding hydrogens is 466 g/mol. The van der Waals surface area contributed by atoms with Gasteiger partial charge >= 0.3 is 0 Å². The molecule has 162 valence electrons. The molecule has 0 unspecified atom stereocenters. The third-order valence-corrected chi connectivity index (χ3v) is 6.23. The van der Waals surface area contributed by atoms with Crippen molar-refractivity contribution >= 4 is 50.5 Å². The zero-order valence-corrected chi connectivity index (χ0v) is 18.5. The number of anilines is 2. The van der Waals surface area contributed by atoms with Crippen LogP contribution in [0, 0.1) is 12.7 Å². The van der Waals surface area contributed by atoms with E-state index in [4.69, 9.17) is 27.9 Å². The van der Waals surface area contributed by atoms with E-state index in [0.717, 1.165) is 11.6 Å². The molecule has 2 N–H and O–H groups in total. The van der Waals surface area contributed by atoms with Crippen molar-refractivity contribution in [3.63, 3.8) is 0 Å². The summed E-state index contributed by atoms with van der Waals surface area (Å²) in [6, 6.07) is 14.2. The first-order chi connectivity index (χ1) is 14.6. The van der Waals surface area contributed by atoms with E-state index in [1.54, 1.807) is 12.1 Å². The first kappa shape index (κ1) is 22.9. The lowest BCUT2D eigenvalue weighted by atomic mass is 10.2. The third-order valence-electron chi connectivity index (χ3n) is 4.13. The van der Waals surface area contributed by atoms with Crippen molar-refractivity contribution in [3.8, 4) is 5.75 Å². The Labute approximate surface area is 189 Å². The van der Waals surface area contributed by atoms with Gasteiger partial charge in [0.25, 0.3) is 15.9 Å². The number of amides is 1. The van der Waals surface area contributed by atoms with Crippen LogP contribution in [0.5, 0.6) is 5.75 Å². The molecule has 3 aromatic rings. The smallest absolute Gasteiger partial charge is 0.262 e. The lowest BCUT2D eigenvalue weighted by Gasteiger charge is -2.11. The Balaban J connectivity index is 1.59. The van der Waals surface area contributed by atoms with E-state index in [0.29, 0.717) is 22.1 Å². The Morgan fingerprint density at radius 2 is 1.61 bits per heavy atom. The normalized spacial score (nSPS) is 11.1. The number of halogens is 3. The second kappa shape index (κ2) is 9.55. The predicted molar refractivity (Wildman–Crippen MR) is 119 cm³/mol. The molecule has 0 saturated heterocycles. The summed E-state index contributed by atoms with van der Waals surface area (Å²) in [7, 11) is -3.83. The topological polar surface area (TPSA) is 84.5 Å². The molecule has 0 spiro atoms. The molecule has 3 rings (SSSR count). The van der Waals surface area contributed by atoms with Gasteiger partial charge in [-0.05, 0) is 67.1 Å². The van der Waals surface area contributed by atoms with Gasteiger partial charge in [-0.1, -0.05) is 29.3 Å². The predicted octanol–water partition coefficient (Wildman–Crippen LogP) is 5.26. The minimum absolute atomic E-state index is 0.0157. The zero-order valence-electron chi connectivity index (χ0n) is 16.2. The highest BCUT2D eigenvalue weighted by Gasteiger charge is 2.15. The van der Waals surface area contributed by atoms with Crippen molar-refractivity contribution in [1.82, 2.24) is 0 Å². The molecule has 0 aromatic heterocycles. The molecule has 0 bridgehead atoms. The van der Waals surface area contributed by atoms with E-state index in [1.807, 2.05) is 6.92 Å². The lowest BCUT2D eigenvalue weighted by molar-refractivity contribution is -0.118. The molecule has 0 radical (unpaired) electrons. The monoisotopic (exact) mass is 482 g/mol. The number of ether oxygens (including phenoxy) is 1. The summed E-state index contributed by atoms with van der Waals surface area (Å²) >= 11 is 11.7. The molecule has 3 aromatic carbocycles. The zero-order chi connectivity index (χ0) is 22.6. The second-order valence-corrected chi connectivity index (χ2v) is 9.00. The highest BCUT2D eigenvalue weighted by Crippen LogP contribution is 2.24. The van der Waals surface area contributed by atoms with E-state index in [1.165, 1.54) is 42.5 Å². The van der Waals surface area contributed by atoms with Crippen LogP contribution in [-0.4, -0.2) is 20.9 Å². The standard InChI is InChI=1S/C21H17Cl2FN2O4S/c1-13-2-3-15(11-18(13)22)26-31(28,29)17-7-5-16(6-8-17)30-12-21(27)25-14-4-9-20(24)19(23)10-14/h2-11,26H,12H2,1H3,(H,25,27). The maximum Gasteiger partial charge on any atom is 0.262 e. The molecular formula is C21H17Cl2FN2O4S. The maximum absolute atomic E-state index is 13.2. The van der Waals surface area contributed by atoms with Gasteiger partial charge in [0.2, 0.25) is 0 Å². The molecule has 0 saturated carbocycles. The Morgan fingerprint density at radius 1 is 0.968 bits per heavy atom. The van der Waals surface area contributed by atoms with Crippen LogP contribution in [0.25, 0.3) is 0 Å². The van der Waals surface area contributed by atoms with Crippen molar-refractivity contribution in [1.29, 1.82) is 0 Å². The molecule has 0 aliphatic heterocycles. The highest BCUT2D eigenvalue weighted by molar-refractivity contribution is 7.92. The number of sulfonamides is 1. The van der Waals surface area contributed by atoms with Crippen molar-refractivity contribution in [3.05, 3.63) is 82.1 Å². The second-order valence-electron chi connectivity index (χ2n) is 6.51. The van der Waals surface area contributed by atoms with Crippen molar-refractivity contribution in [2.24, 2.45) is 0 Å². The first-order valence-corrected chi connectivity index (χ1v) is 11.1. The molecule has 0 heterocycles. The average molecular weight is 483 g/mol. The third kappa shape index (κ3) is 6.10. The largest absolute Gasteiger partial charge is 0.484 e. The summed E-state index contributed by atoms with van der Waals surface area (Å²) in [6.45, 7) is 1.48. The van der Waals surface area contributed by atoms with Crippen LogP contribution in [0.15, 0.2) is 65.6 Å². The van der Waals surface area contributed by atoms with Crippen LogP contribution < -0.4 is 14.8 Å². The number of aryl methyl sites for hydroxylation is 1. The molecule has 31 heavy (non-hydrogen) atoms. The molecule has 0 fully saturated rings. The molecule has 6 nitrogen and oxygen atoms in total. The number of carbonyl (C=O) groups is 1. The van der Waals surface area contributed by atoms with Gasteiger partial charge in [-0.3, -0.25) is 9.52 Å². The molecule has 0 atom stereocenters. The van der Waals surface area contributed by atoms with Gasteiger partial charge in [0, 0.05) is 10.7 Å². The Hall–Kier alpha value is -2.81. The fourth-order valence-corrected chi connectivity index (χ4v) is 3.92. The quantitative estimate of drug-likeness (QED) is 0.480. The van der Waals surface area contributed by atoms with Crippen molar-refractivity contribution in [2.75, 3.05) is 16.6 Å². The number of rotatable bonds is 7. The van der Waals surface area contributed by atoms with Crippen molar-refractivity contribution < 1.29 is 22.3 Å². The van der Waals surface area contributed by atoms with E-state index >= 15 is 0 Å². The Kier molecular flexibility index (Phi) is 7.04. The van der Waals surface area contributed by atoms with Crippen LogP contribution in [0.3, 0.4) is 0 Å². The Bertz CT molecular complexity index is 1220. The van der Waals surface area contributed by atoms with Gasteiger partial charge in [0.05, 0.1) is 15.6 Å². The van der Waals surface area contributed by atoms with Gasteiger partial charge in [0.15, 0.2) is 6.61 Å². The summed E-state index contributed by atoms with van der Waals surface area (Å²) in [5, 5.41) is 2.86. The van der Waals surface area contributed by atoms with Gasteiger partial charge in [-0.15, -0.1) is 0 Å². The fourth-order valence-electron chi connectivity index (χ4n) is 2.51. The number of benzene rings is 3. The van der Waals surface area contributed by atoms with Crippen LogP contribution in [0.4, 0.5) is 15.8 Å². The Morgan fingerprint density at radius 3 is 2.26 bits per heavy atom. The summed E-state index contributed by atoms with van der Waals surface area (Å²) in [5.74, 6) is -0.784. The molecule has 1 amide bonds. The first-order valence-electron chi connectivity index (χ1n) is 8.91. The minimum Gasteiger partial charge on any atom is -0.484 e. The van der Waals surface area contributed by atoms with Crippen LogP contribution in [-0.2, 0) is 14.8 Å². The van der Waals surface area contributed by atoms with Gasteiger partial charge < -0.3 is 10.1 Å². The average Bonchev–Trinajstić information content (AvgIpc) is 2.72. The van der Waals surface area contributed by atoms with Gasteiger partial charge in [-0.2, -0.15) is 0 Å². The van der Waals surface area contributed by atoms with E-state index in [9.17, 15) is 17.6 Å². The van der Waals surface area contributed by atoms with Crippen molar-refractivity contribution in [2.45, 2.75) is 11.8 Å². The lowest BCUT2D eigenvalue weighted by Crippen LogP contribution is -2.20. The summed E-state index contributed by atoms with van der Waals surface area (Å²) < 4.78 is 46.0.